The van der Waals surface area contributed by atoms with Gasteiger partial charge in [0.25, 0.3) is 5.91 Å². The highest BCUT2D eigenvalue weighted by molar-refractivity contribution is 6.32. The fourth-order valence-corrected chi connectivity index (χ4v) is 3.38. The molecule has 1 aliphatic heterocycles. The minimum atomic E-state index is -0.322. The van der Waals surface area contributed by atoms with Crippen LogP contribution in [0.2, 0.25) is 5.15 Å². The number of methoxy groups -OCH3 is 1. The van der Waals surface area contributed by atoms with Crippen LogP contribution in [-0.4, -0.2) is 76.8 Å². The molecule has 0 spiro atoms. The summed E-state index contributed by atoms with van der Waals surface area (Å²) in [5.41, 5.74) is 7.39. The topological polar surface area (TPSA) is 133 Å². The number of nitrogens with two attached hydrogens (primary N) is 1. The monoisotopic (exact) mass is 432 g/mol. The zero-order chi connectivity index (χ0) is 21.1. The maximum absolute atomic E-state index is 12.5. The first-order valence-corrected chi connectivity index (χ1v) is 9.72. The van der Waals surface area contributed by atoms with Gasteiger partial charge in [-0.15, -0.1) is 0 Å². The molecule has 4 heterocycles. The molecule has 0 unspecified atom stereocenters. The van der Waals surface area contributed by atoms with E-state index in [0.29, 0.717) is 67.3 Å². The Hall–Kier alpha value is -3.02. The van der Waals surface area contributed by atoms with E-state index in [1.807, 2.05) is 0 Å². The van der Waals surface area contributed by atoms with E-state index in [0.717, 1.165) is 0 Å². The quantitative estimate of drug-likeness (QED) is 0.538. The molecular formula is C18H21ClN8O3. The van der Waals surface area contributed by atoms with Crippen molar-refractivity contribution in [3.63, 3.8) is 0 Å². The highest BCUT2D eigenvalue weighted by atomic mass is 35.5. The Bertz CT molecular complexity index is 1050. The molecule has 3 aromatic rings. The van der Waals surface area contributed by atoms with Crippen molar-refractivity contribution >= 4 is 34.9 Å². The van der Waals surface area contributed by atoms with Crippen molar-refractivity contribution in [2.45, 2.75) is 0 Å². The second-order valence-electron chi connectivity index (χ2n) is 6.57. The molecule has 11 nitrogen and oxygen atoms in total. The molecule has 30 heavy (non-hydrogen) atoms. The Labute approximate surface area is 177 Å². The number of nitrogens with one attached hydrogen (secondary N) is 1. The van der Waals surface area contributed by atoms with Gasteiger partial charge in [0.2, 0.25) is 5.95 Å². The molecule has 0 radical (unpaired) electrons. The number of nitrogen functional groups attached to an aromatic ring is 1. The highest BCUT2D eigenvalue weighted by Crippen LogP contribution is 2.32. The van der Waals surface area contributed by atoms with Crippen LogP contribution in [0, 0.1) is 0 Å². The van der Waals surface area contributed by atoms with Crippen molar-refractivity contribution in [2.24, 2.45) is 0 Å². The van der Waals surface area contributed by atoms with Gasteiger partial charge in [-0.05, 0) is 0 Å². The number of hydrogen-bond acceptors (Lipinski definition) is 9. The van der Waals surface area contributed by atoms with Crippen LogP contribution in [0.4, 0.5) is 11.8 Å². The number of carbonyl (C=O) groups is 1. The van der Waals surface area contributed by atoms with Gasteiger partial charge in [0.15, 0.2) is 11.5 Å². The molecule has 12 heteroatoms. The molecule has 0 atom stereocenters. The predicted octanol–water partition coefficient (Wildman–Crippen LogP) is 0.635. The normalized spacial score (nSPS) is 14.3. The van der Waals surface area contributed by atoms with E-state index in [1.54, 1.807) is 30.1 Å². The van der Waals surface area contributed by atoms with Crippen molar-refractivity contribution < 1.29 is 14.3 Å². The Balaban J connectivity index is 1.82. The Morgan fingerprint density at radius 2 is 2.03 bits per heavy atom. The summed E-state index contributed by atoms with van der Waals surface area (Å²) < 4.78 is 12.1. The van der Waals surface area contributed by atoms with Crippen LogP contribution in [0.3, 0.4) is 0 Å². The van der Waals surface area contributed by atoms with Gasteiger partial charge in [-0.2, -0.15) is 0 Å². The number of fused-ring (bicyclic) bond motifs is 1. The van der Waals surface area contributed by atoms with Crippen molar-refractivity contribution in [3.05, 3.63) is 29.4 Å². The van der Waals surface area contributed by atoms with E-state index < -0.39 is 0 Å². The number of imidazole rings is 1. The fraction of sp³-hybridized carbons (Fsp3) is 0.389. The van der Waals surface area contributed by atoms with Gasteiger partial charge >= 0.3 is 0 Å². The third-order valence-electron chi connectivity index (χ3n) is 4.61. The lowest BCUT2D eigenvalue weighted by Crippen LogP contribution is -2.37. The van der Waals surface area contributed by atoms with E-state index in [2.05, 4.69) is 25.2 Å². The second kappa shape index (κ2) is 8.78. The smallest absolute Gasteiger partial charge is 0.271 e. The Morgan fingerprint density at radius 3 is 2.73 bits per heavy atom. The third kappa shape index (κ3) is 3.99. The first kappa shape index (κ1) is 20.3. The molecule has 1 aliphatic rings. The summed E-state index contributed by atoms with van der Waals surface area (Å²) in [4.78, 5) is 31.9. The largest absolute Gasteiger partial charge is 0.383 e. The molecule has 0 bridgehead atoms. The van der Waals surface area contributed by atoms with E-state index in [4.69, 9.17) is 31.8 Å². The first-order valence-electron chi connectivity index (χ1n) is 9.35. The van der Waals surface area contributed by atoms with Gasteiger partial charge < -0.3 is 25.4 Å². The van der Waals surface area contributed by atoms with Crippen molar-refractivity contribution in [3.8, 4) is 11.3 Å². The number of nitrogens with zero attached hydrogens (tertiary/aromatic N) is 6. The molecule has 1 fully saturated rings. The lowest BCUT2D eigenvalue weighted by molar-refractivity contribution is 0.0932. The molecule has 1 saturated heterocycles. The van der Waals surface area contributed by atoms with Crippen LogP contribution in [0.15, 0.2) is 18.6 Å². The zero-order valence-corrected chi connectivity index (χ0v) is 17.1. The van der Waals surface area contributed by atoms with Crippen LogP contribution >= 0.6 is 11.6 Å². The number of hydrogen-bond donors (Lipinski definition) is 2. The van der Waals surface area contributed by atoms with Crippen molar-refractivity contribution in [1.82, 2.24) is 29.7 Å². The van der Waals surface area contributed by atoms with E-state index in [1.165, 1.54) is 0 Å². The summed E-state index contributed by atoms with van der Waals surface area (Å²) in [5, 5.41) is 3.05. The number of anilines is 2. The maximum Gasteiger partial charge on any atom is 0.271 e. The van der Waals surface area contributed by atoms with Gasteiger partial charge in [-0.1, -0.05) is 11.6 Å². The second-order valence-corrected chi connectivity index (χ2v) is 6.93. The molecule has 0 saturated carbocycles. The number of ether oxygens (including phenoxy) is 2. The van der Waals surface area contributed by atoms with Crippen molar-refractivity contribution in [2.75, 3.05) is 57.2 Å². The average molecular weight is 433 g/mol. The summed E-state index contributed by atoms with van der Waals surface area (Å²) >= 11 is 6.65. The molecule has 4 rings (SSSR count). The predicted molar refractivity (Wildman–Crippen MR) is 111 cm³/mol. The number of halogens is 1. The summed E-state index contributed by atoms with van der Waals surface area (Å²) in [7, 11) is 1.57. The molecule has 1 amide bonds. The molecule has 158 valence electrons. The molecule has 0 aromatic carbocycles. The fourth-order valence-electron chi connectivity index (χ4n) is 3.10. The Morgan fingerprint density at radius 1 is 1.30 bits per heavy atom. The lowest BCUT2D eigenvalue weighted by Gasteiger charge is -2.28. The molecule has 3 N–H and O–H groups in total. The minimum absolute atomic E-state index is 0.155. The zero-order valence-electron chi connectivity index (χ0n) is 16.3. The van der Waals surface area contributed by atoms with Gasteiger partial charge in [0, 0.05) is 50.9 Å². The number of morpholine rings is 1. The summed E-state index contributed by atoms with van der Waals surface area (Å²) in [6.45, 7) is 3.21. The third-order valence-corrected chi connectivity index (χ3v) is 4.97. The van der Waals surface area contributed by atoms with Gasteiger partial charge in [0.1, 0.15) is 16.5 Å². The summed E-state index contributed by atoms with van der Waals surface area (Å²) in [6, 6.07) is 0. The molecular weight excluding hydrogens is 412 g/mol. The number of carbonyl (C=O) groups excluding carboxylic acids is 1. The first-order chi connectivity index (χ1) is 14.6. The van der Waals surface area contributed by atoms with E-state index >= 15 is 0 Å². The summed E-state index contributed by atoms with van der Waals surface area (Å²) in [5.74, 6) is 0.435. The highest BCUT2D eigenvalue weighted by Gasteiger charge is 2.24. The lowest BCUT2D eigenvalue weighted by atomic mass is 10.2. The standard InChI is InChI=1S/C18H21ClN8O3/c1-29-5-2-21-17(28)12-10-27-14(19)13(11-8-22-18(20)23-9-11)25-15(16(27)24-12)26-3-6-30-7-4-26/h8-10H,2-7H2,1H3,(H,21,28)(H2,20,22,23). The maximum atomic E-state index is 12.5. The number of aromatic nitrogens is 5. The Kier molecular flexibility index (Phi) is 5.93. The summed E-state index contributed by atoms with van der Waals surface area (Å²) in [6.07, 6.45) is 4.70. The van der Waals surface area contributed by atoms with Crippen LogP contribution in [-0.2, 0) is 9.47 Å². The minimum Gasteiger partial charge on any atom is -0.383 e. The molecule has 0 aliphatic carbocycles. The van der Waals surface area contributed by atoms with Crippen LogP contribution in [0.1, 0.15) is 10.5 Å². The van der Waals surface area contributed by atoms with Gasteiger partial charge in [0.05, 0.1) is 19.8 Å². The molecule has 3 aromatic heterocycles. The van der Waals surface area contributed by atoms with E-state index in [9.17, 15) is 4.79 Å². The SMILES string of the molecule is COCCNC(=O)c1cn2c(Cl)c(-c3cnc(N)nc3)nc(N3CCOCC3)c2n1. The van der Waals surface area contributed by atoms with Crippen LogP contribution < -0.4 is 16.0 Å². The van der Waals surface area contributed by atoms with Crippen LogP contribution in [0.5, 0.6) is 0 Å². The van der Waals surface area contributed by atoms with Gasteiger partial charge in [-0.3, -0.25) is 9.20 Å². The van der Waals surface area contributed by atoms with Gasteiger partial charge in [-0.25, -0.2) is 19.9 Å². The van der Waals surface area contributed by atoms with Crippen LogP contribution in [0.25, 0.3) is 16.9 Å². The average Bonchev–Trinajstić information content (AvgIpc) is 3.22. The van der Waals surface area contributed by atoms with E-state index in [-0.39, 0.29) is 17.5 Å². The number of amides is 1. The van der Waals surface area contributed by atoms with Crippen molar-refractivity contribution in [1.29, 1.82) is 0 Å². The number of rotatable bonds is 6.